The number of ether oxygens (including phenoxy) is 1. The molecule has 0 saturated carbocycles. The number of hydrogen-bond acceptors (Lipinski definition) is 6. The molecule has 9 nitrogen and oxygen atoms in total. The number of nitrogens with one attached hydrogen (secondary N) is 2. The molecule has 4 N–H and O–H groups in total. The molecule has 0 spiro atoms. The fourth-order valence-corrected chi connectivity index (χ4v) is 3.76. The predicted octanol–water partition coefficient (Wildman–Crippen LogP) is 4.50. The first-order valence-electron chi connectivity index (χ1n) is 8.95. The van der Waals surface area contributed by atoms with Gasteiger partial charge in [-0.05, 0) is 36.4 Å². The van der Waals surface area contributed by atoms with Gasteiger partial charge in [-0.25, -0.2) is 4.79 Å². The Bertz CT molecular complexity index is 1130. The number of nitrogens with zero attached hydrogens (tertiary/aromatic N) is 1. The fourth-order valence-electron chi connectivity index (χ4n) is 2.78. The first-order valence-corrected chi connectivity index (χ1v) is 9.77. The fraction of sp³-hybridized carbons (Fsp3) is 0.0476. The van der Waals surface area contributed by atoms with E-state index in [1.54, 1.807) is 54.6 Å². The van der Waals surface area contributed by atoms with Crippen LogP contribution in [0.5, 0.6) is 5.75 Å². The molecule has 31 heavy (non-hydrogen) atoms. The number of carbonyl (C=O) groups excluding carboxylic acids is 2. The summed E-state index contributed by atoms with van der Waals surface area (Å²) in [5, 5.41) is 16.1. The highest BCUT2D eigenvalue weighted by Gasteiger charge is 2.20. The Morgan fingerprint density at radius 3 is 2.29 bits per heavy atom. The van der Waals surface area contributed by atoms with Crippen LogP contribution >= 0.6 is 11.8 Å². The van der Waals surface area contributed by atoms with E-state index in [9.17, 15) is 19.7 Å². The zero-order valence-electron chi connectivity index (χ0n) is 16.3. The number of amides is 3. The lowest BCUT2D eigenvalue weighted by Gasteiger charge is -2.16. The van der Waals surface area contributed by atoms with E-state index >= 15 is 0 Å². The van der Waals surface area contributed by atoms with Crippen molar-refractivity contribution in [3.8, 4) is 5.75 Å². The molecule has 0 aliphatic heterocycles. The highest BCUT2D eigenvalue weighted by atomic mass is 32.2. The van der Waals surface area contributed by atoms with Gasteiger partial charge in [0.25, 0.3) is 11.6 Å². The maximum Gasteiger partial charge on any atom is 0.316 e. The summed E-state index contributed by atoms with van der Waals surface area (Å²) in [6.45, 7) is 0. The second kappa shape index (κ2) is 9.63. The van der Waals surface area contributed by atoms with E-state index in [1.807, 2.05) is 0 Å². The Kier molecular flexibility index (Phi) is 6.73. The number of nitro groups is 1. The van der Waals surface area contributed by atoms with E-state index in [4.69, 9.17) is 10.5 Å². The van der Waals surface area contributed by atoms with Gasteiger partial charge in [-0.2, -0.15) is 0 Å². The molecule has 3 aromatic rings. The number of rotatable bonds is 7. The molecule has 0 fully saturated rings. The van der Waals surface area contributed by atoms with Crippen molar-refractivity contribution in [1.29, 1.82) is 0 Å². The molecule has 0 atom stereocenters. The smallest absolute Gasteiger partial charge is 0.316 e. The molecule has 0 radical (unpaired) electrons. The number of nitrogens with two attached hydrogens (primary N) is 1. The average molecular weight is 438 g/mol. The lowest BCUT2D eigenvalue weighted by atomic mass is 10.1. The standard InChI is InChI=1S/C21H18N4O5S/c1-30-17-7-3-2-5-15(17)23-20(26)19-16(24-21(22)27)6-4-8-18(19)31-14-11-9-13(10-12-14)25(28)29/h2-12H,1H3,(H,23,26)(H3,22,24,27). The number of primary amides is 1. The highest BCUT2D eigenvalue weighted by Crippen LogP contribution is 2.36. The monoisotopic (exact) mass is 438 g/mol. The van der Waals surface area contributed by atoms with Crippen LogP contribution in [-0.4, -0.2) is 24.0 Å². The number of nitro benzene ring substituents is 1. The van der Waals surface area contributed by atoms with Gasteiger partial charge in [0.2, 0.25) is 0 Å². The third-order valence-electron chi connectivity index (χ3n) is 4.14. The predicted molar refractivity (Wildman–Crippen MR) is 118 cm³/mol. The minimum Gasteiger partial charge on any atom is -0.495 e. The Morgan fingerprint density at radius 2 is 1.65 bits per heavy atom. The van der Waals surface area contributed by atoms with Crippen molar-refractivity contribution in [2.75, 3.05) is 17.7 Å². The van der Waals surface area contributed by atoms with Gasteiger partial charge in [0.05, 0.1) is 29.0 Å². The third kappa shape index (κ3) is 5.31. The van der Waals surface area contributed by atoms with Gasteiger partial charge in [-0.15, -0.1) is 0 Å². The molecule has 10 heteroatoms. The van der Waals surface area contributed by atoms with E-state index in [2.05, 4.69) is 10.6 Å². The van der Waals surface area contributed by atoms with Gasteiger partial charge in [-0.1, -0.05) is 30.0 Å². The van der Waals surface area contributed by atoms with Crippen LogP contribution < -0.4 is 21.1 Å². The first kappa shape index (κ1) is 21.7. The Hall–Kier alpha value is -4.05. The van der Waals surface area contributed by atoms with Crippen LogP contribution in [-0.2, 0) is 0 Å². The molecule has 0 aliphatic carbocycles. The normalized spacial score (nSPS) is 10.2. The lowest BCUT2D eigenvalue weighted by Crippen LogP contribution is -2.23. The van der Waals surface area contributed by atoms with Crippen LogP contribution in [0.25, 0.3) is 0 Å². The highest BCUT2D eigenvalue weighted by molar-refractivity contribution is 7.99. The van der Waals surface area contributed by atoms with Crippen molar-refractivity contribution in [2.45, 2.75) is 9.79 Å². The molecule has 0 bridgehead atoms. The van der Waals surface area contributed by atoms with E-state index in [-0.39, 0.29) is 16.9 Å². The van der Waals surface area contributed by atoms with Crippen LogP contribution in [0.1, 0.15) is 10.4 Å². The lowest BCUT2D eigenvalue weighted by molar-refractivity contribution is -0.384. The van der Waals surface area contributed by atoms with E-state index in [0.29, 0.717) is 21.2 Å². The number of methoxy groups -OCH3 is 1. The third-order valence-corrected chi connectivity index (χ3v) is 5.21. The van der Waals surface area contributed by atoms with E-state index in [1.165, 1.54) is 31.0 Å². The second-order valence-corrected chi connectivity index (χ2v) is 7.29. The zero-order chi connectivity index (χ0) is 22.4. The first-order chi connectivity index (χ1) is 14.9. The van der Waals surface area contributed by atoms with Gasteiger partial charge < -0.3 is 21.1 Å². The summed E-state index contributed by atoms with van der Waals surface area (Å²) in [6, 6.07) is 16.9. The topological polar surface area (TPSA) is 137 Å². The number of para-hydroxylation sites is 2. The molecule has 3 rings (SSSR count). The largest absolute Gasteiger partial charge is 0.495 e. The van der Waals surface area contributed by atoms with Gasteiger partial charge >= 0.3 is 6.03 Å². The van der Waals surface area contributed by atoms with Crippen LogP contribution in [0.4, 0.5) is 21.9 Å². The van der Waals surface area contributed by atoms with Crippen LogP contribution in [0.3, 0.4) is 0 Å². The van der Waals surface area contributed by atoms with Gasteiger partial charge in [0, 0.05) is 21.9 Å². The van der Waals surface area contributed by atoms with Crippen molar-refractivity contribution in [3.05, 3.63) is 82.4 Å². The minimum atomic E-state index is -0.816. The zero-order valence-corrected chi connectivity index (χ0v) is 17.1. The van der Waals surface area contributed by atoms with Crippen molar-refractivity contribution in [2.24, 2.45) is 5.73 Å². The Balaban J connectivity index is 1.98. The molecule has 0 unspecified atom stereocenters. The van der Waals surface area contributed by atoms with Crippen molar-refractivity contribution in [1.82, 2.24) is 0 Å². The van der Waals surface area contributed by atoms with Crippen LogP contribution in [0, 0.1) is 10.1 Å². The van der Waals surface area contributed by atoms with Crippen molar-refractivity contribution < 1.29 is 19.2 Å². The molecule has 3 aromatic carbocycles. The summed E-state index contributed by atoms with van der Waals surface area (Å²) in [4.78, 5) is 36.2. The number of benzene rings is 3. The van der Waals surface area contributed by atoms with Gasteiger partial charge in [0.1, 0.15) is 5.75 Å². The number of urea groups is 1. The molecular formula is C21H18N4O5S. The van der Waals surface area contributed by atoms with E-state index < -0.39 is 16.9 Å². The average Bonchev–Trinajstić information content (AvgIpc) is 2.74. The van der Waals surface area contributed by atoms with Crippen LogP contribution in [0.15, 0.2) is 76.5 Å². The second-order valence-electron chi connectivity index (χ2n) is 6.18. The number of anilines is 2. The summed E-state index contributed by atoms with van der Waals surface area (Å²) in [6.07, 6.45) is 0. The number of non-ortho nitro benzene ring substituents is 1. The van der Waals surface area contributed by atoms with Crippen molar-refractivity contribution in [3.63, 3.8) is 0 Å². The summed E-state index contributed by atoms with van der Waals surface area (Å²) >= 11 is 1.22. The van der Waals surface area contributed by atoms with Gasteiger partial charge in [-0.3, -0.25) is 14.9 Å². The quantitative estimate of drug-likeness (QED) is 0.367. The maximum absolute atomic E-state index is 13.2. The number of carbonyl (C=O) groups is 2. The maximum atomic E-state index is 13.2. The van der Waals surface area contributed by atoms with Crippen molar-refractivity contribution >= 4 is 40.8 Å². The molecule has 158 valence electrons. The van der Waals surface area contributed by atoms with Crippen LogP contribution in [0.2, 0.25) is 0 Å². The molecule has 0 aliphatic rings. The summed E-state index contributed by atoms with van der Waals surface area (Å²) in [5.74, 6) is -0.0148. The Morgan fingerprint density at radius 1 is 0.968 bits per heavy atom. The molecule has 3 amide bonds. The Labute approximate surface area is 181 Å². The SMILES string of the molecule is COc1ccccc1NC(=O)c1c(NC(N)=O)cccc1Sc1ccc([N+](=O)[O-])cc1. The molecule has 0 heterocycles. The number of hydrogen-bond donors (Lipinski definition) is 3. The minimum absolute atomic E-state index is 0.0392. The molecule has 0 aromatic heterocycles. The summed E-state index contributed by atoms with van der Waals surface area (Å²) in [7, 11) is 1.49. The molecule has 0 saturated heterocycles. The molecular weight excluding hydrogens is 420 g/mol. The summed E-state index contributed by atoms with van der Waals surface area (Å²) < 4.78 is 5.27. The van der Waals surface area contributed by atoms with Gasteiger partial charge in [0.15, 0.2) is 0 Å². The van der Waals surface area contributed by atoms with E-state index in [0.717, 1.165) is 0 Å². The summed E-state index contributed by atoms with van der Waals surface area (Å²) in [5.41, 5.74) is 6.10.